The van der Waals surface area contributed by atoms with Crippen molar-refractivity contribution in [3.05, 3.63) is 53.9 Å². The fraction of sp³-hybridized carbons (Fsp3) is 0.368. The lowest BCUT2D eigenvalue weighted by Gasteiger charge is -2.35. The van der Waals surface area contributed by atoms with Crippen LogP contribution in [0.15, 0.2) is 42.7 Å². The summed E-state index contributed by atoms with van der Waals surface area (Å²) < 4.78 is 10.7. The first-order chi connectivity index (χ1) is 12.8. The summed E-state index contributed by atoms with van der Waals surface area (Å²) >= 11 is 0. The SMILES string of the molecule is O=C(CN1CCNCC1c1cccnc1)NCc1ccc2c(c1)OCO2. The van der Waals surface area contributed by atoms with E-state index in [9.17, 15) is 4.79 Å². The molecule has 1 saturated heterocycles. The smallest absolute Gasteiger partial charge is 0.234 e. The number of hydrogen-bond acceptors (Lipinski definition) is 6. The molecule has 136 valence electrons. The van der Waals surface area contributed by atoms with Gasteiger partial charge in [-0.25, -0.2) is 0 Å². The summed E-state index contributed by atoms with van der Waals surface area (Å²) in [6.07, 6.45) is 3.64. The van der Waals surface area contributed by atoms with Gasteiger partial charge in [0.1, 0.15) is 0 Å². The largest absolute Gasteiger partial charge is 0.454 e. The number of aromatic nitrogens is 1. The van der Waals surface area contributed by atoms with Gasteiger partial charge in [-0.2, -0.15) is 0 Å². The number of fused-ring (bicyclic) bond motifs is 1. The number of piperazine rings is 1. The molecule has 0 bridgehead atoms. The van der Waals surface area contributed by atoms with E-state index in [1.807, 2.05) is 30.5 Å². The Morgan fingerprint density at radius 1 is 1.31 bits per heavy atom. The van der Waals surface area contributed by atoms with Crippen LogP contribution in [0, 0.1) is 0 Å². The van der Waals surface area contributed by atoms with Crippen LogP contribution in [0.3, 0.4) is 0 Å². The standard InChI is InChI=1S/C19H22N4O3/c24-19(22-9-14-3-4-17-18(8-14)26-13-25-17)12-23-7-6-21-11-16(23)15-2-1-5-20-10-15/h1-5,8,10,16,21H,6-7,9,11-13H2,(H,22,24). The Morgan fingerprint density at radius 2 is 2.23 bits per heavy atom. The van der Waals surface area contributed by atoms with Crippen molar-refractivity contribution >= 4 is 5.91 Å². The molecule has 0 spiro atoms. The van der Waals surface area contributed by atoms with Crippen LogP contribution in [0.25, 0.3) is 0 Å². The maximum atomic E-state index is 12.5. The monoisotopic (exact) mass is 354 g/mol. The summed E-state index contributed by atoms with van der Waals surface area (Å²) in [5, 5.41) is 6.39. The van der Waals surface area contributed by atoms with Gasteiger partial charge < -0.3 is 20.1 Å². The topological polar surface area (TPSA) is 75.7 Å². The molecule has 0 radical (unpaired) electrons. The Labute approximate surface area is 152 Å². The van der Waals surface area contributed by atoms with Crippen LogP contribution in [0.4, 0.5) is 0 Å². The number of carbonyl (C=O) groups excluding carboxylic acids is 1. The summed E-state index contributed by atoms with van der Waals surface area (Å²) in [6.45, 7) is 3.62. The van der Waals surface area contributed by atoms with Crippen molar-refractivity contribution in [3.8, 4) is 11.5 Å². The summed E-state index contributed by atoms with van der Waals surface area (Å²) in [6, 6.07) is 9.87. The molecule has 0 saturated carbocycles. The average molecular weight is 354 g/mol. The van der Waals surface area contributed by atoms with Crippen LogP contribution in [-0.4, -0.2) is 48.8 Å². The Kier molecular flexibility index (Phi) is 4.99. The Balaban J connectivity index is 1.34. The average Bonchev–Trinajstić information content (AvgIpc) is 3.15. The summed E-state index contributed by atoms with van der Waals surface area (Å²) in [5.74, 6) is 1.49. The van der Waals surface area contributed by atoms with Crippen molar-refractivity contribution in [1.82, 2.24) is 20.5 Å². The summed E-state index contributed by atoms with van der Waals surface area (Å²) in [7, 11) is 0. The fourth-order valence-electron chi connectivity index (χ4n) is 3.33. The quantitative estimate of drug-likeness (QED) is 0.837. The third-order valence-electron chi connectivity index (χ3n) is 4.70. The molecule has 2 N–H and O–H groups in total. The third-order valence-corrected chi connectivity index (χ3v) is 4.70. The van der Waals surface area contributed by atoms with Crippen LogP contribution in [-0.2, 0) is 11.3 Å². The zero-order valence-corrected chi connectivity index (χ0v) is 14.5. The van der Waals surface area contributed by atoms with Gasteiger partial charge >= 0.3 is 0 Å². The lowest BCUT2D eigenvalue weighted by atomic mass is 10.1. The number of carbonyl (C=O) groups is 1. The fourth-order valence-corrected chi connectivity index (χ4v) is 3.33. The van der Waals surface area contributed by atoms with Crippen molar-refractivity contribution < 1.29 is 14.3 Å². The van der Waals surface area contributed by atoms with Crippen molar-refractivity contribution in [3.63, 3.8) is 0 Å². The highest BCUT2D eigenvalue weighted by Crippen LogP contribution is 2.32. The molecule has 4 rings (SSSR count). The van der Waals surface area contributed by atoms with E-state index in [0.29, 0.717) is 13.1 Å². The van der Waals surface area contributed by atoms with Gasteiger partial charge in [0.05, 0.1) is 6.54 Å². The predicted octanol–water partition coefficient (Wildman–Crippen LogP) is 1.07. The Hall–Kier alpha value is -2.64. The van der Waals surface area contributed by atoms with Gasteiger partial charge in [-0.1, -0.05) is 12.1 Å². The first-order valence-electron chi connectivity index (χ1n) is 8.79. The number of hydrogen-bond donors (Lipinski definition) is 2. The first kappa shape index (κ1) is 16.8. The van der Waals surface area contributed by atoms with E-state index in [0.717, 1.165) is 42.3 Å². The minimum Gasteiger partial charge on any atom is -0.454 e. The zero-order chi connectivity index (χ0) is 17.8. The molecule has 2 aliphatic rings. The van der Waals surface area contributed by atoms with Crippen LogP contribution < -0.4 is 20.1 Å². The van der Waals surface area contributed by atoms with E-state index < -0.39 is 0 Å². The van der Waals surface area contributed by atoms with Gasteiger partial charge in [-0.15, -0.1) is 0 Å². The molecule has 26 heavy (non-hydrogen) atoms. The van der Waals surface area contributed by atoms with E-state index >= 15 is 0 Å². The third kappa shape index (κ3) is 3.79. The molecule has 1 amide bonds. The van der Waals surface area contributed by atoms with E-state index in [-0.39, 0.29) is 18.7 Å². The molecule has 1 atom stereocenters. The molecule has 3 heterocycles. The molecule has 1 aromatic carbocycles. The number of benzene rings is 1. The molecule has 2 aliphatic heterocycles. The van der Waals surface area contributed by atoms with Gasteiger partial charge in [0, 0.05) is 44.6 Å². The van der Waals surface area contributed by atoms with Crippen LogP contribution >= 0.6 is 0 Å². The van der Waals surface area contributed by atoms with Crippen LogP contribution in [0.2, 0.25) is 0 Å². The van der Waals surface area contributed by atoms with Crippen LogP contribution in [0.1, 0.15) is 17.2 Å². The number of nitrogens with zero attached hydrogens (tertiary/aromatic N) is 2. The van der Waals surface area contributed by atoms with Gasteiger partial charge in [0.25, 0.3) is 0 Å². The predicted molar refractivity (Wildman–Crippen MR) is 95.8 cm³/mol. The normalized spacial score (nSPS) is 19.3. The molecular weight excluding hydrogens is 332 g/mol. The number of nitrogens with one attached hydrogen (secondary N) is 2. The summed E-state index contributed by atoms with van der Waals surface area (Å²) in [5.41, 5.74) is 2.12. The number of amides is 1. The second-order valence-electron chi connectivity index (χ2n) is 6.44. The lowest BCUT2D eigenvalue weighted by molar-refractivity contribution is -0.123. The molecular formula is C19H22N4O3. The molecule has 1 aromatic heterocycles. The maximum absolute atomic E-state index is 12.5. The van der Waals surface area contributed by atoms with Gasteiger partial charge in [0.2, 0.25) is 12.7 Å². The van der Waals surface area contributed by atoms with Gasteiger partial charge in [0.15, 0.2) is 11.5 Å². The second kappa shape index (κ2) is 7.72. The zero-order valence-electron chi connectivity index (χ0n) is 14.5. The molecule has 7 heteroatoms. The minimum atomic E-state index is 0.0125. The van der Waals surface area contributed by atoms with E-state index in [1.165, 1.54) is 0 Å². The summed E-state index contributed by atoms with van der Waals surface area (Å²) in [4.78, 5) is 18.8. The van der Waals surface area contributed by atoms with Crippen molar-refractivity contribution in [1.29, 1.82) is 0 Å². The van der Waals surface area contributed by atoms with Crippen molar-refractivity contribution in [2.75, 3.05) is 33.0 Å². The lowest BCUT2D eigenvalue weighted by Crippen LogP contribution is -2.49. The van der Waals surface area contributed by atoms with Gasteiger partial charge in [-0.05, 0) is 29.3 Å². The van der Waals surface area contributed by atoms with E-state index in [2.05, 4.69) is 26.6 Å². The molecule has 7 nitrogen and oxygen atoms in total. The molecule has 1 fully saturated rings. The minimum absolute atomic E-state index is 0.0125. The van der Waals surface area contributed by atoms with Crippen molar-refractivity contribution in [2.24, 2.45) is 0 Å². The van der Waals surface area contributed by atoms with Crippen LogP contribution in [0.5, 0.6) is 11.5 Å². The maximum Gasteiger partial charge on any atom is 0.234 e. The molecule has 2 aromatic rings. The van der Waals surface area contributed by atoms with Gasteiger partial charge in [-0.3, -0.25) is 14.7 Å². The first-order valence-corrected chi connectivity index (χ1v) is 8.79. The highest BCUT2D eigenvalue weighted by Gasteiger charge is 2.25. The Bertz CT molecular complexity index is 769. The van der Waals surface area contributed by atoms with Crippen molar-refractivity contribution in [2.45, 2.75) is 12.6 Å². The Morgan fingerprint density at radius 3 is 3.12 bits per heavy atom. The highest BCUT2D eigenvalue weighted by molar-refractivity contribution is 5.78. The molecule has 1 unspecified atom stereocenters. The number of pyridine rings is 1. The second-order valence-corrected chi connectivity index (χ2v) is 6.44. The number of ether oxygens (including phenoxy) is 2. The number of rotatable bonds is 5. The highest BCUT2D eigenvalue weighted by atomic mass is 16.7. The molecule has 0 aliphatic carbocycles. The van der Waals surface area contributed by atoms with E-state index in [1.54, 1.807) is 6.20 Å². The van der Waals surface area contributed by atoms with E-state index in [4.69, 9.17) is 9.47 Å².